The van der Waals surface area contributed by atoms with Gasteiger partial charge in [-0.15, -0.1) is 0 Å². The summed E-state index contributed by atoms with van der Waals surface area (Å²) in [6.07, 6.45) is 1.38. The SMILES string of the molecule is CCOc1ccccc1OCC(=O)NC1CCN(C(=O)c2ccc3c(c2)OCO3)CC1. The molecule has 4 rings (SSSR count). The Morgan fingerprint density at radius 3 is 2.48 bits per heavy atom. The Labute approximate surface area is 181 Å². The molecule has 1 saturated heterocycles. The van der Waals surface area contributed by atoms with Crippen LogP contribution in [0.3, 0.4) is 0 Å². The number of carbonyl (C=O) groups excluding carboxylic acids is 2. The monoisotopic (exact) mass is 426 g/mol. The summed E-state index contributed by atoms with van der Waals surface area (Å²) in [5, 5.41) is 2.99. The molecule has 0 bridgehead atoms. The van der Waals surface area contributed by atoms with E-state index in [-0.39, 0.29) is 31.3 Å². The molecule has 2 aliphatic rings. The van der Waals surface area contributed by atoms with Gasteiger partial charge in [0.1, 0.15) is 0 Å². The fourth-order valence-electron chi connectivity index (χ4n) is 3.70. The second-order valence-electron chi connectivity index (χ2n) is 7.37. The number of nitrogens with zero attached hydrogens (tertiary/aromatic N) is 1. The highest BCUT2D eigenvalue weighted by molar-refractivity contribution is 5.95. The summed E-state index contributed by atoms with van der Waals surface area (Å²) >= 11 is 0. The molecule has 0 unspecified atom stereocenters. The quantitative estimate of drug-likeness (QED) is 0.733. The van der Waals surface area contributed by atoms with E-state index in [1.807, 2.05) is 25.1 Å². The number of likely N-dealkylation sites (tertiary alicyclic amines) is 1. The smallest absolute Gasteiger partial charge is 0.258 e. The third-order valence-electron chi connectivity index (χ3n) is 5.27. The van der Waals surface area contributed by atoms with Crippen molar-refractivity contribution in [1.29, 1.82) is 0 Å². The van der Waals surface area contributed by atoms with Crippen LogP contribution in [0.1, 0.15) is 30.1 Å². The highest BCUT2D eigenvalue weighted by Crippen LogP contribution is 2.33. The van der Waals surface area contributed by atoms with Gasteiger partial charge in [0.25, 0.3) is 11.8 Å². The number of para-hydroxylation sites is 2. The molecule has 2 aromatic rings. The summed E-state index contributed by atoms with van der Waals surface area (Å²) in [5.74, 6) is 2.19. The Kier molecular flexibility index (Phi) is 6.45. The number of ether oxygens (including phenoxy) is 4. The van der Waals surface area contributed by atoms with Crippen molar-refractivity contribution in [1.82, 2.24) is 10.2 Å². The molecule has 2 heterocycles. The fourth-order valence-corrected chi connectivity index (χ4v) is 3.70. The van der Waals surface area contributed by atoms with Crippen LogP contribution in [-0.4, -0.2) is 55.9 Å². The highest BCUT2D eigenvalue weighted by atomic mass is 16.7. The first-order valence-corrected chi connectivity index (χ1v) is 10.5. The molecule has 8 heteroatoms. The number of rotatable bonds is 7. The van der Waals surface area contributed by atoms with Crippen molar-refractivity contribution in [2.45, 2.75) is 25.8 Å². The lowest BCUT2D eigenvalue weighted by Crippen LogP contribution is -2.47. The zero-order chi connectivity index (χ0) is 21.6. The summed E-state index contributed by atoms with van der Waals surface area (Å²) < 4.78 is 21.8. The van der Waals surface area contributed by atoms with Crippen LogP contribution >= 0.6 is 0 Å². The molecule has 1 N–H and O–H groups in total. The molecular weight excluding hydrogens is 400 g/mol. The van der Waals surface area contributed by atoms with Gasteiger partial charge < -0.3 is 29.2 Å². The number of piperidine rings is 1. The topological polar surface area (TPSA) is 86.3 Å². The maximum atomic E-state index is 12.8. The zero-order valence-corrected chi connectivity index (χ0v) is 17.5. The van der Waals surface area contributed by atoms with Crippen molar-refractivity contribution < 1.29 is 28.5 Å². The number of hydrogen-bond donors (Lipinski definition) is 1. The van der Waals surface area contributed by atoms with Crippen LogP contribution in [0.25, 0.3) is 0 Å². The van der Waals surface area contributed by atoms with E-state index in [9.17, 15) is 9.59 Å². The van der Waals surface area contributed by atoms with E-state index in [2.05, 4.69) is 5.32 Å². The number of amides is 2. The Morgan fingerprint density at radius 2 is 1.74 bits per heavy atom. The molecule has 0 spiro atoms. The number of hydrogen-bond acceptors (Lipinski definition) is 6. The zero-order valence-electron chi connectivity index (χ0n) is 17.5. The van der Waals surface area contributed by atoms with E-state index >= 15 is 0 Å². The molecule has 8 nitrogen and oxygen atoms in total. The molecule has 2 aromatic carbocycles. The summed E-state index contributed by atoms with van der Waals surface area (Å²) in [5.41, 5.74) is 0.577. The molecule has 164 valence electrons. The van der Waals surface area contributed by atoms with Crippen molar-refractivity contribution in [2.75, 3.05) is 33.1 Å². The molecule has 0 aliphatic carbocycles. The van der Waals surface area contributed by atoms with E-state index < -0.39 is 0 Å². The number of fused-ring (bicyclic) bond motifs is 1. The van der Waals surface area contributed by atoms with Gasteiger partial charge in [0.05, 0.1) is 6.61 Å². The predicted octanol–water partition coefficient (Wildman–Crippen LogP) is 2.61. The lowest BCUT2D eigenvalue weighted by Gasteiger charge is -2.32. The third-order valence-corrected chi connectivity index (χ3v) is 5.27. The Hall–Kier alpha value is -3.42. The van der Waals surface area contributed by atoms with Crippen LogP contribution < -0.4 is 24.3 Å². The number of carbonyl (C=O) groups is 2. The average molecular weight is 426 g/mol. The van der Waals surface area contributed by atoms with Crippen LogP contribution in [-0.2, 0) is 4.79 Å². The van der Waals surface area contributed by atoms with Crippen LogP contribution in [0.15, 0.2) is 42.5 Å². The van der Waals surface area contributed by atoms with Gasteiger partial charge in [0.2, 0.25) is 6.79 Å². The fraction of sp³-hybridized carbons (Fsp3) is 0.391. The largest absolute Gasteiger partial charge is 0.490 e. The minimum atomic E-state index is -0.188. The van der Waals surface area contributed by atoms with E-state index in [4.69, 9.17) is 18.9 Å². The predicted molar refractivity (Wildman–Crippen MR) is 113 cm³/mol. The van der Waals surface area contributed by atoms with Gasteiger partial charge in [-0.05, 0) is 50.1 Å². The summed E-state index contributed by atoms with van der Waals surface area (Å²) in [6.45, 7) is 3.67. The van der Waals surface area contributed by atoms with Gasteiger partial charge in [0, 0.05) is 24.7 Å². The second kappa shape index (κ2) is 9.59. The van der Waals surface area contributed by atoms with Gasteiger partial charge >= 0.3 is 0 Å². The lowest BCUT2D eigenvalue weighted by molar-refractivity contribution is -0.124. The molecule has 0 radical (unpaired) electrons. The standard InChI is InChI=1S/C23H26N2O6/c1-2-28-18-5-3-4-6-19(18)29-14-22(26)24-17-9-11-25(12-10-17)23(27)16-7-8-20-21(13-16)31-15-30-20/h3-8,13,17H,2,9-12,14-15H2,1H3,(H,24,26). The van der Waals surface area contributed by atoms with Crippen molar-refractivity contribution in [3.63, 3.8) is 0 Å². The molecule has 0 atom stereocenters. The minimum Gasteiger partial charge on any atom is -0.490 e. The van der Waals surface area contributed by atoms with Crippen LogP contribution in [0.2, 0.25) is 0 Å². The van der Waals surface area contributed by atoms with Gasteiger partial charge in [-0.3, -0.25) is 9.59 Å². The first kappa shape index (κ1) is 20.8. The lowest BCUT2D eigenvalue weighted by atomic mass is 10.0. The van der Waals surface area contributed by atoms with E-state index in [1.54, 1.807) is 29.2 Å². The van der Waals surface area contributed by atoms with Crippen molar-refractivity contribution in [2.24, 2.45) is 0 Å². The maximum Gasteiger partial charge on any atom is 0.258 e. The van der Waals surface area contributed by atoms with Crippen LogP contribution in [0.5, 0.6) is 23.0 Å². The van der Waals surface area contributed by atoms with Crippen molar-refractivity contribution >= 4 is 11.8 Å². The van der Waals surface area contributed by atoms with Gasteiger partial charge in [-0.1, -0.05) is 12.1 Å². The normalized spacial score (nSPS) is 15.5. The van der Waals surface area contributed by atoms with Gasteiger partial charge in [-0.25, -0.2) is 0 Å². The summed E-state index contributed by atoms with van der Waals surface area (Å²) in [6, 6.07) is 12.5. The van der Waals surface area contributed by atoms with Gasteiger partial charge in [-0.2, -0.15) is 0 Å². The maximum absolute atomic E-state index is 12.8. The summed E-state index contributed by atoms with van der Waals surface area (Å²) in [4.78, 5) is 26.9. The molecule has 0 aromatic heterocycles. The molecular formula is C23H26N2O6. The molecule has 31 heavy (non-hydrogen) atoms. The average Bonchev–Trinajstić information content (AvgIpc) is 3.27. The molecule has 2 aliphatic heterocycles. The van der Waals surface area contributed by atoms with Gasteiger partial charge in [0.15, 0.2) is 29.6 Å². The van der Waals surface area contributed by atoms with Crippen molar-refractivity contribution in [3.8, 4) is 23.0 Å². The molecule has 0 saturated carbocycles. The number of benzene rings is 2. The third kappa shape index (κ3) is 5.02. The Morgan fingerprint density at radius 1 is 1.03 bits per heavy atom. The Balaban J connectivity index is 1.24. The van der Waals surface area contributed by atoms with Crippen molar-refractivity contribution in [3.05, 3.63) is 48.0 Å². The summed E-state index contributed by atoms with van der Waals surface area (Å²) in [7, 11) is 0. The van der Waals surface area contributed by atoms with Crippen LogP contribution in [0.4, 0.5) is 0 Å². The second-order valence-corrected chi connectivity index (χ2v) is 7.37. The highest BCUT2D eigenvalue weighted by Gasteiger charge is 2.26. The number of nitrogens with one attached hydrogen (secondary N) is 1. The van der Waals surface area contributed by atoms with E-state index in [1.165, 1.54) is 0 Å². The van der Waals surface area contributed by atoms with E-state index in [0.29, 0.717) is 61.1 Å². The van der Waals surface area contributed by atoms with E-state index in [0.717, 1.165) is 0 Å². The minimum absolute atomic E-state index is 0.0130. The first-order valence-electron chi connectivity index (χ1n) is 10.5. The molecule has 2 amide bonds. The first-order chi connectivity index (χ1) is 15.1. The Bertz CT molecular complexity index is 939. The molecule has 1 fully saturated rings. The van der Waals surface area contributed by atoms with Crippen LogP contribution in [0, 0.1) is 0 Å².